The van der Waals surface area contributed by atoms with E-state index >= 15 is 0 Å². The molecule has 42 heavy (non-hydrogen) atoms. The van der Waals surface area contributed by atoms with Crippen LogP contribution in [0.2, 0.25) is 0 Å². The molecule has 0 bridgehead atoms. The van der Waals surface area contributed by atoms with Crippen LogP contribution < -0.4 is 20.2 Å². The Morgan fingerprint density at radius 1 is 0.690 bits per heavy atom. The van der Waals surface area contributed by atoms with Crippen molar-refractivity contribution >= 4 is 52.4 Å². The fourth-order valence-electron chi connectivity index (χ4n) is 7.83. The molecule has 0 radical (unpaired) electrons. The summed E-state index contributed by atoms with van der Waals surface area (Å²) < 4.78 is 9.53. The summed E-state index contributed by atoms with van der Waals surface area (Å²) in [5, 5.41) is 5.25. The first-order valence-electron chi connectivity index (χ1n) is 14.8. The Morgan fingerprint density at radius 2 is 1.50 bits per heavy atom. The quantitative estimate of drug-likeness (QED) is 0.199. The molecule has 3 unspecified atom stereocenters. The van der Waals surface area contributed by atoms with E-state index in [0.717, 1.165) is 24.3 Å². The number of fused-ring (bicyclic) bond motifs is 10. The van der Waals surface area contributed by atoms with Crippen LogP contribution in [-0.4, -0.2) is 10.6 Å². The molecule has 0 amide bonds. The maximum atomic E-state index is 7.08. The molecule has 0 saturated carbocycles. The molecule has 0 saturated heterocycles. The number of aryl methyl sites for hydroxylation is 1. The van der Waals surface area contributed by atoms with E-state index in [2.05, 4.69) is 131 Å². The number of benzene rings is 5. The zero-order valence-electron chi connectivity index (χ0n) is 22.9. The summed E-state index contributed by atoms with van der Waals surface area (Å²) in [6.45, 7) is 0. The van der Waals surface area contributed by atoms with Gasteiger partial charge >= 0.3 is 0 Å². The van der Waals surface area contributed by atoms with E-state index in [-0.39, 0.29) is 0 Å². The molecule has 3 aliphatic heterocycles. The highest BCUT2D eigenvalue weighted by atomic mass is 31.1. The normalized spacial score (nSPS) is 19.5. The predicted molar refractivity (Wildman–Crippen MR) is 176 cm³/mol. The SMILES string of the molecule is C1=CC2c3ccc(Oc4ccc5c6ccccc6n6c5c4Pc4ccccc4-6)c4c3N(c3ccccc3CC4)C2C=C1. The molecule has 3 nitrogen and oxygen atoms in total. The van der Waals surface area contributed by atoms with Crippen LogP contribution in [0.25, 0.3) is 27.5 Å². The second-order valence-corrected chi connectivity index (χ2v) is 13.0. The Hall–Kier alpha value is -4.59. The van der Waals surface area contributed by atoms with Gasteiger partial charge in [-0.05, 0) is 60.4 Å². The highest BCUT2D eigenvalue weighted by molar-refractivity contribution is 7.56. The van der Waals surface area contributed by atoms with Crippen molar-refractivity contribution in [1.82, 2.24) is 4.57 Å². The van der Waals surface area contributed by atoms with Crippen LogP contribution in [0.1, 0.15) is 22.6 Å². The van der Waals surface area contributed by atoms with E-state index in [4.69, 9.17) is 4.74 Å². The molecule has 4 heteroatoms. The molecule has 1 aliphatic carbocycles. The average Bonchev–Trinajstić information content (AvgIpc) is 3.49. The van der Waals surface area contributed by atoms with Crippen molar-refractivity contribution in [3.05, 3.63) is 138 Å². The molecule has 5 aromatic carbocycles. The Labute approximate surface area is 246 Å². The van der Waals surface area contributed by atoms with E-state index in [1.165, 1.54) is 66.2 Å². The molecule has 4 heterocycles. The number of ether oxygens (including phenoxy) is 1. The van der Waals surface area contributed by atoms with Crippen LogP contribution >= 0.6 is 8.58 Å². The molecule has 10 rings (SSSR count). The first-order chi connectivity index (χ1) is 20.8. The minimum Gasteiger partial charge on any atom is -0.456 e. The van der Waals surface area contributed by atoms with Crippen LogP contribution in [0.5, 0.6) is 11.5 Å². The Kier molecular flexibility index (Phi) is 4.64. The second kappa shape index (κ2) is 8.47. The second-order valence-electron chi connectivity index (χ2n) is 11.7. The molecule has 0 N–H and O–H groups in total. The van der Waals surface area contributed by atoms with Gasteiger partial charge in [0, 0.05) is 38.6 Å². The predicted octanol–water partition coefficient (Wildman–Crippen LogP) is 8.35. The smallest absolute Gasteiger partial charge is 0.137 e. The third-order valence-corrected chi connectivity index (χ3v) is 11.0. The van der Waals surface area contributed by atoms with E-state index in [9.17, 15) is 0 Å². The molecule has 0 spiro atoms. The third-order valence-electron chi connectivity index (χ3n) is 9.59. The number of anilines is 2. The van der Waals surface area contributed by atoms with Gasteiger partial charge in [-0.1, -0.05) is 93.5 Å². The lowest BCUT2D eigenvalue weighted by atomic mass is 9.89. The van der Waals surface area contributed by atoms with Gasteiger partial charge in [-0.15, -0.1) is 0 Å². The fraction of sp³-hybridized carbons (Fsp3) is 0.105. The fourth-order valence-corrected chi connectivity index (χ4v) is 9.22. The van der Waals surface area contributed by atoms with Crippen molar-refractivity contribution in [3.63, 3.8) is 0 Å². The van der Waals surface area contributed by atoms with Crippen molar-refractivity contribution in [2.75, 3.05) is 4.90 Å². The lowest BCUT2D eigenvalue weighted by molar-refractivity contribution is 0.480. The summed E-state index contributed by atoms with van der Waals surface area (Å²) in [4.78, 5) is 2.59. The van der Waals surface area contributed by atoms with Gasteiger partial charge in [-0.25, -0.2) is 0 Å². The number of allylic oxidation sites excluding steroid dienone is 2. The van der Waals surface area contributed by atoms with Gasteiger partial charge in [0.2, 0.25) is 0 Å². The van der Waals surface area contributed by atoms with E-state index in [0.29, 0.717) is 20.5 Å². The van der Waals surface area contributed by atoms with E-state index in [1.54, 1.807) is 0 Å². The van der Waals surface area contributed by atoms with Gasteiger partial charge in [-0.3, -0.25) is 0 Å². The molecule has 1 aromatic heterocycles. The van der Waals surface area contributed by atoms with Crippen LogP contribution in [0.15, 0.2) is 121 Å². The van der Waals surface area contributed by atoms with Crippen molar-refractivity contribution < 1.29 is 4.74 Å². The topological polar surface area (TPSA) is 17.4 Å². The number of hydrogen-bond acceptors (Lipinski definition) is 2. The lowest BCUT2D eigenvalue weighted by Gasteiger charge is -2.30. The number of nitrogens with zero attached hydrogens (tertiary/aromatic N) is 2. The highest BCUT2D eigenvalue weighted by Gasteiger charge is 2.41. The van der Waals surface area contributed by atoms with Gasteiger partial charge in [0.05, 0.1) is 28.5 Å². The third kappa shape index (κ3) is 2.99. The monoisotopic (exact) mass is 558 g/mol. The summed E-state index contributed by atoms with van der Waals surface area (Å²) in [7, 11) is 0.535. The van der Waals surface area contributed by atoms with Crippen molar-refractivity contribution in [2.45, 2.75) is 24.8 Å². The first kappa shape index (κ1) is 23.0. The summed E-state index contributed by atoms with van der Waals surface area (Å²) in [5.74, 6) is 2.31. The van der Waals surface area contributed by atoms with Crippen LogP contribution in [0, 0.1) is 0 Å². The van der Waals surface area contributed by atoms with Crippen LogP contribution in [0.3, 0.4) is 0 Å². The molecule has 0 fully saturated rings. The van der Waals surface area contributed by atoms with Crippen molar-refractivity contribution in [2.24, 2.45) is 0 Å². The molecular formula is C38H27N2OP. The number of aromatic nitrogens is 1. The standard InChI is InChI=1S/C38H27N2OP/c1-4-12-29-23(9-1)17-18-28-33(21-19-26-24-10-2-5-13-30(24)39(29)36(26)28)41-34-22-20-27-25-11-3-6-14-31(25)40-32-15-7-8-16-35(32)42-38(34)37(27)40/h1-16,19-22,24,30,42H,17-18H2. The van der Waals surface area contributed by atoms with Gasteiger partial charge in [0.15, 0.2) is 0 Å². The van der Waals surface area contributed by atoms with E-state index in [1.807, 2.05) is 0 Å². The first-order valence-corrected chi connectivity index (χ1v) is 15.8. The zero-order valence-corrected chi connectivity index (χ0v) is 23.9. The Morgan fingerprint density at radius 3 is 2.48 bits per heavy atom. The van der Waals surface area contributed by atoms with Gasteiger partial charge in [0.1, 0.15) is 11.5 Å². The zero-order chi connectivity index (χ0) is 27.4. The van der Waals surface area contributed by atoms with Crippen LogP contribution in [-0.2, 0) is 12.8 Å². The van der Waals surface area contributed by atoms with Gasteiger partial charge in [-0.2, -0.15) is 0 Å². The van der Waals surface area contributed by atoms with Gasteiger partial charge in [0.25, 0.3) is 0 Å². The van der Waals surface area contributed by atoms with Crippen molar-refractivity contribution in [1.29, 1.82) is 0 Å². The molecule has 200 valence electrons. The minimum absolute atomic E-state index is 0.296. The minimum atomic E-state index is 0.296. The summed E-state index contributed by atoms with van der Waals surface area (Å²) in [5.41, 5.74) is 10.7. The molecule has 4 aliphatic rings. The largest absolute Gasteiger partial charge is 0.456 e. The van der Waals surface area contributed by atoms with E-state index < -0.39 is 0 Å². The lowest BCUT2D eigenvalue weighted by Crippen LogP contribution is -2.29. The van der Waals surface area contributed by atoms with Gasteiger partial charge < -0.3 is 14.2 Å². The number of hydrogen-bond donors (Lipinski definition) is 0. The Bertz CT molecular complexity index is 2190. The maximum Gasteiger partial charge on any atom is 0.137 e. The average molecular weight is 559 g/mol. The summed E-state index contributed by atoms with van der Waals surface area (Å²) in [6, 6.07) is 35.9. The van der Waals surface area contributed by atoms with Crippen LogP contribution in [0.4, 0.5) is 11.4 Å². The summed E-state index contributed by atoms with van der Waals surface area (Å²) in [6.07, 6.45) is 11.1. The Balaban J connectivity index is 1.18. The molecule has 3 atom stereocenters. The van der Waals surface area contributed by atoms with Crippen molar-refractivity contribution in [3.8, 4) is 17.2 Å². The molecule has 6 aromatic rings. The molecular weight excluding hydrogens is 531 g/mol. The number of para-hydroxylation sites is 3. The maximum absolute atomic E-state index is 7.08. The summed E-state index contributed by atoms with van der Waals surface area (Å²) >= 11 is 0. The highest BCUT2D eigenvalue weighted by Crippen LogP contribution is 2.54. The number of rotatable bonds is 2.